The fourth-order valence-electron chi connectivity index (χ4n) is 2.64. The largest absolute Gasteiger partial charge is 0.348 e. The Bertz CT molecular complexity index is 487. The van der Waals surface area contributed by atoms with Gasteiger partial charge in [0, 0.05) is 16.4 Å². The number of nitrogens with zero attached hydrogens (tertiary/aromatic N) is 1. The minimum absolute atomic E-state index is 0.0698. The number of fused-ring (bicyclic) bond motifs is 1. The van der Waals surface area contributed by atoms with Crippen LogP contribution in [0, 0.1) is 16.0 Å². The second kappa shape index (κ2) is 5.11. The highest BCUT2D eigenvalue weighted by Gasteiger charge is 2.43. The van der Waals surface area contributed by atoms with E-state index in [1.165, 1.54) is 0 Å². The summed E-state index contributed by atoms with van der Waals surface area (Å²) in [5, 5.41) is 11.1. The Balaban J connectivity index is 1.80. The zero-order valence-corrected chi connectivity index (χ0v) is 10.3. The van der Waals surface area contributed by atoms with Crippen molar-refractivity contribution in [3.8, 4) is 0 Å². The van der Waals surface area contributed by atoms with E-state index < -0.39 is 18.4 Å². The number of benzene rings is 1. The fraction of sp³-hybridized carbons (Fsp3) is 0.429. The van der Waals surface area contributed by atoms with Crippen molar-refractivity contribution in [1.82, 2.24) is 0 Å². The maximum Gasteiger partial charge on any atom is 0.257 e. The molecule has 1 aromatic carbocycles. The summed E-state index contributed by atoms with van der Waals surface area (Å²) < 4.78 is 11.5. The Hall–Kier alpha value is -1.72. The van der Waals surface area contributed by atoms with Crippen molar-refractivity contribution in [3.05, 3.63) is 58.2 Å². The van der Waals surface area contributed by atoms with Gasteiger partial charge in [0.15, 0.2) is 6.29 Å². The molecule has 0 bridgehead atoms. The predicted molar refractivity (Wildman–Crippen MR) is 68.0 cm³/mol. The molecule has 5 heteroatoms. The molecule has 1 aromatic rings. The number of ether oxygens (including phenoxy) is 2. The highest BCUT2D eigenvalue weighted by molar-refractivity contribution is 5.17. The third-order valence-corrected chi connectivity index (χ3v) is 3.63. The lowest BCUT2D eigenvalue weighted by Gasteiger charge is -2.38. The van der Waals surface area contributed by atoms with Crippen molar-refractivity contribution in [3.63, 3.8) is 0 Å². The molecular weight excluding hydrogens is 246 g/mol. The molecule has 1 aliphatic heterocycles. The van der Waals surface area contributed by atoms with E-state index in [4.69, 9.17) is 9.47 Å². The van der Waals surface area contributed by atoms with Crippen LogP contribution in [0.4, 0.5) is 0 Å². The lowest BCUT2D eigenvalue weighted by Crippen LogP contribution is -2.47. The maximum absolute atomic E-state index is 11.1. The SMILES string of the molecule is O=[N+]([O-])[C@H]1C=CC[C@@H]2CO[C@@H](c3ccccc3)O[C@H]21. The van der Waals surface area contributed by atoms with Crippen LogP contribution in [-0.2, 0) is 9.47 Å². The minimum atomic E-state index is -0.770. The van der Waals surface area contributed by atoms with E-state index in [9.17, 15) is 10.1 Å². The van der Waals surface area contributed by atoms with Crippen LogP contribution in [0.15, 0.2) is 42.5 Å². The van der Waals surface area contributed by atoms with Crippen LogP contribution in [0.25, 0.3) is 0 Å². The molecule has 4 atom stereocenters. The zero-order chi connectivity index (χ0) is 13.2. The molecule has 100 valence electrons. The molecular formula is C14H15NO4. The molecule has 0 aromatic heterocycles. The van der Waals surface area contributed by atoms with Gasteiger partial charge in [-0.2, -0.15) is 0 Å². The van der Waals surface area contributed by atoms with Gasteiger partial charge in [0.2, 0.25) is 0 Å². The molecule has 0 saturated carbocycles. The van der Waals surface area contributed by atoms with Gasteiger partial charge in [-0.3, -0.25) is 10.1 Å². The van der Waals surface area contributed by atoms with Crippen LogP contribution in [0.2, 0.25) is 0 Å². The van der Waals surface area contributed by atoms with Crippen molar-refractivity contribution in [2.45, 2.75) is 24.9 Å². The zero-order valence-electron chi connectivity index (χ0n) is 10.3. The van der Waals surface area contributed by atoms with Gasteiger partial charge in [-0.1, -0.05) is 36.4 Å². The van der Waals surface area contributed by atoms with E-state index in [1.807, 2.05) is 36.4 Å². The monoisotopic (exact) mass is 261 g/mol. The van der Waals surface area contributed by atoms with Crippen LogP contribution in [0.3, 0.4) is 0 Å². The quantitative estimate of drug-likeness (QED) is 0.465. The third-order valence-electron chi connectivity index (χ3n) is 3.63. The Kier molecular flexibility index (Phi) is 3.31. The van der Waals surface area contributed by atoms with Crippen molar-refractivity contribution < 1.29 is 14.4 Å². The van der Waals surface area contributed by atoms with E-state index in [0.29, 0.717) is 6.61 Å². The van der Waals surface area contributed by atoms with Gasteiger partial charge >= 0.3 is 0 Å². The molecule has 0 amide bonds. The first-order valence-corrected chi connectivity index (χ1v) is 6.38. The summed E-state index contributed by atoms with van der Waals surface area (Å²) in [4.78, 5) is 10.8. The molecule has 0 unspecified atom stereocenters. The molecule has 1 heterocycles. The maximum atomic E-state index is 11.1. The molecule has 2 aliphatic rings. The molecule has 5 nitrogen and oxygen atoms in total. The highest BCUT2D eigenvalue weighted by Crippen LogP contribution is 2.35. The summed E-state index contributed by atoms with van der Waals surface area (Å²) >= 11 is 0. The van der Waals surface area contributed by atoms with Crippen molar-refractivity contribution in [2.75, 3.05) is 6.61 Å². The number of rotatable bonds is 2. The second-order valence-corrected chi connectivity index (χ2v) is 4.88. The topological polar surface area (TPSA) is 61.6 Å². The predicted octanol–water partition coefficient (Wildman–Crippen LogP) is 2.32. The first-order valence-electron chi connectivity index (χ1n) is 6.38. The average Bonchev–Trinajstić information content (AvgIpc) is 2.47. The van der Waals surface area contributed by atoms with Gasteiger partial charge in [-0.15, -0.1) is 0 Å². The summed E-state index contributed by atoms with van der Waals surface area (Å²) in [6.45, 7) is 0.499. The van der Waals surface area contributed by atoms with E-state index >= 15 is 0 Å². The Morgan fingerprint density at radius 3 is 2.79 bits per heavy atom. The Morgan fingerprint density at radius 1 is 1.26 bits per heavy atom. The molecule has 0 spiro atoms. The van der Waals surface area contributed by atoms with Gasteiger partial charge in [-0.25, -0.2) is 0 Å². The van der Waals surface area contributed by atoms with Crippen LogP contribution in [0.1, 0.15) is 18.3 Å². The third kappa shape index (κ3) is 2.39. The van der Waals surface area contributed by atoms with E-state index in [0.717, 1.165) is 12.0 Å². The van der Waals surface area contributed by atoms with Gasteiger partial charge in [0.25, 0.3) is 6.04 Å². The number of allylic oxidation sites excluding steroid dienone is 1. The summed E-state index contributed by atoms with van der Waals surface area (Å²) in [6, 6.07) is 8.77. The molecule has 1 fully saturated rings. The smallest absolute Gasteiger partial charge is 0.257 e. The number of hydrogen-bond acceptors (Lipinski definition) is 4. The van der Waals surface area contributed by atoms with Gasteiger partial charge < -0.3 is 9.47 Å². The minimum Gasteiger partial charge on any atom is -0.348 e. The summed E-state index contributed by atoms with van der Waals surface area (Å²) in [5.41, 5.74) is 0.901. The number of hydrogen-bond donors (Lipinski definition) is 0. The molecule has 3 rings (SSSR count). The summed E-state index contributed by atoms with van der Waals surface area (Å²) in [6.07, 6.45) is 3.35. The van der Waals surface area contributed by atoms with E-state index in [1.54, 1.807) is 6.08 Å². The van der Waals surface area contributed by atoms with Gasteiger partial charge in [-0.05, 0) is 12.5 Å². The first-order chi connectivity index (χ1) is 9.25. The molecule has 0 N–H and O–H groups in total. The van der Waals surface area contributed by atoms with Crippen LogP contribution in [0.5, 0.6) is 0 Å². The standard InChI is InChI=1S/C14H15NO4/c16-15(17)12-8-4-7-11-9-18-14(19-13(11)12)10-5-2-1-3-6-10/h1-6,8,11-14H,7,9H2/t11-,12+,13-,14-/m1/s1. The molecule has 19 heavy (non-hydrogen) atoms. The second-order valence-electron chi connectivity index (χ2n) is 4.88. The Labute approximate surface area is 111 Å². The van der Waals surface area contributed by atoms with Crippen LogP contribution < -0.4 is 0 Å². The van der Waals surface area contributed by atoms with Crippen molar-refractivity contribution in [2.24, 2.45) is 5.92 Å². The highest BCUT2D eigenvalue weighted by atomic mass is 16.7. The Morgan fingerprint density at radius 2 is 2.05 bits per heavy atom. The van der Waals surface area contributed by atoms with Crippen LogP contribution in [-0.4, -0.2) is 23.7 Å². The summed E-state index contributed by atoms with van der Waals surface area (Å²) in [5.74, 6) is 0.0698. The van der Waals surface area contributed by atoms with Gasteiger partial charge in [0.1, 0.15) is 6.10 Å². The number of nitro groups is 1. The van der Waals surface area contributed by atoms with Crippen LogP contribution >= 0.6 is 0 Å². The van der Waals surface area contributed by atoms with E-state index in [-0.39, 0.29) is 10.8 Å². The van der Waals surface area contributed by atoms with Crippen molar-refractivity contribution >= 4 is 0 Å². The van der Waals surface area contributed by atoms with E-state index in [2.05, 4.69) is 0 Å². The summed E-state index contributed by atoms with van der Waals surface area (Å²) in [7, 11) is 0. The average molecular weight is 261 g/mol. The molecule has 0 radical (unpaired) electrons. The molecule has 1 saturated heterocycles. The lowest BCUT2D eigenvalue weighted by atomic mass is 9.87. The van der Waals surface area contributed by atoms with Gasteiger partial charge in [0.05, 0.1) is 6.61 Å². The lowest BCUT2D eigenvalue weighted by molar-refractivity contribution is -0.531. The van der Waals surface area contributed by atoms with Crippen molar-refractivity contribution in [1.29, 1.82) is 0 Å². The normalized spacial score (nSPS) is 33.7. The fourth-order valence-corrected chi connectivity index (χ4v) is 2.64. The first kappa shape index (κ1) is 12.3. The molecule has 1 aliphatic carbocycles.